The molecule has 8 nitrogen and oxygen atoms in total. The maximum atomic E-state index is 13.2. The lowest BCUT2D eigenvalue weighted by atomic mass is 10.1. The molecule has 1 amide bonds. The highest BCUT2D eigenvalue weighted by atomic mass is 32.2. The number of fused-ring (bicyclic) bond motifs is 1. The first kappa shape index (κ1) is 25.2. The molecule has 2 aromatic carbocycles. The molecule has 0 radical (unpaired) electrons. The minimum atomic E-state index is -4.00. The van der Waals surface area contributed by atoms with Gasteiger partial charge in [-0.15, -0.1) is 0 Å². The van der Waals surface area contributed by atoms with Crippen molar-refractivity contribution in [1.82, 2.24) is 23.7 Å². The zero-order valence-electron chi connectivity index (χ0n) is 19.0. The molecule has 178 valence electrons. The van der Waals surface area contributed by atoms with Gasteiger partial charge in [0.15, 0.2) is 0 Å². The summed E-state index contributed by atoms with van der Waals surface area (Å²) in [6.07, 6.45) is 2.33. The molecule has 0 saturated heterocycles. The summed E-state index contributed by atoms with van der Waals surface area (Å²) >= 11 is 0.956. The van der Waals surface area contributed by atoms with Gasteiger partial charge in [0.05, 0.1) is 11.7 Å². The normalized spacial score (nSPS) is 12.8. The van der Waals surface area contributed by atoms with E-state index in [-0.39, 0.29) is 17.2 Å². The summed E-state index contributed by atoms with van der Waals surface area (Å²) in [7, 11) is -4.00. The molecule has 0 aliphatic carbocycles. The number of carbonyl (C=O) groups is 1. The minimum absolute atomic E-state index is 0.0247. The minimum Gasteiger partial charge on any atom is -0.353 e. The lowest BCUT2D eigenvalue weighted by Crippen LogP contribution is -2.49. The first-order valence-electron chi connectivity index (χ1n) is 11.2. The Morgan fingerprint density at radius 2 is 1.73 bits per heavy atom. The van der Waals surface area contributed by atoms with Crippen LogP contribution >= 0.6 is 11.7 Å². The Morgan fingerprint density at radius 1 is 1.00 bits per heavy atom. The van der Waals surface area contributed by atoms with E-state index in [4.69, 9.17) is 0 Å². The van der Waals surface area contributed by atoms with Gasteiger partial charge in [0.25, 0.3) is 0 Å². The summed E-state index contributed by atoms with van der Waals surface area (Å²) < 4.78 is 37.3. The predicted molar refractivity (Wildman–Crippen MR) is 132 cm³/mol. The summed E-state index contributed by atoms with van der Waals surface area (Å²) in [4.78, 5) is 15.4. The number of benzene rings is 2. The first-order valence-corrected chi connectivity index (χ1v) is 13.4. The van der Waals surface area contributed by atoms with Crippen LogP contribution in [0.4, 0.5) is 0 Å². The summed E-state index contributed by atoms with van der Waals surface area (Å²) in [5.41, 5.74) is 1.69. The van der Waals surface area contributed by atoms with E-state index in [2.05, 4.69) is 37.5 Å². The zero-order chi connectivity index (χ0) is 23.7. The molecule has 0 fully saturated rings. The number of nitrogens with zero attached hydrogens (tertiary/aromatic N) is 3. The molecule has 1 heterocycles. The van der Waals surface area contributed by atoms with Gasteiger partial charge in [-0.25, -0.2) is 8.42 Å². The third-order valence-electron chi connectivity index (χ3n) is 5.24. The van der Waals surface area contributed by atoms with E-state index in [0.29, 0.717) is 17.6 Å². The number of sulfonamides is 1. The number of aromatic nitrogens is 2. The van der Waals surface area contributed by atoms with Gasteiger partial charge >= 0.3 is 0 Å². The molecule has 0 aliphatic heterocycles. The standard InChI is InChI=1S/C23H31N5O3S2/c1-3-14-28(15-4-2)16-13-24-23(29)20(17-18-9-6-5-7-10-18)27-33(30,31)21-12-8-11-19-22(21)26-32-25-19/h5-12,20,27H,3-4,13-17H2,1-2H3,(H,24,29)/t20-/m1/s1. The molecule has 1 atom stereocenters. The van der Waals surface area contributed by atoms with E-state index < -0.39 is 16.1 Å². The lowest BCUT2D eigenvalue weighted by molar-refractivity contribution is -0.122. The second-order valence-electron chi connectivity index (χ2n) is 7.88. The Balaban J connectivity index is 1.76. The molecule has 10 heteroatoms. The highest BCUT2D eigenvalue weighted by Gasteiger charge is 2.28. The molecule has 2 N–H and O–H groups in total. The van der Waals surface area contributed by atoms with Gasteiger partial charge in [0.1, 0.15) is 22.0 Å². The average molecular weight is 490 g/mol. The van der Waals surface area contributed by atoms with Crippen molar-refractivity contribution in [2.75, 3.05) is 26.2 Å². The maximum absolute atomic E-state index is 13.2. The summed E-state index contributed by atoms with van der Waals surface area (Å²) in [5, 5.41) is 2.92. The van der Waals surface area contributed by atoms with Crippen LogP contribution < -0.4 is 10.0 Å². The molecule has 3 rings (SSSR count). The van der Waals surface area contributed by atoms with Gasteiger partial charge in [0, 0.05) is 13.1 Å². The van der Waals surface area contributed by atoms with Crippen LogP contribution in [0.3, 0.4) is 0 Å². The van der Waals surface area contributed by atoms with Crippen LogP contribution in [0.25, 0.3) is 11.0 Å². The monoisotopic (exact) mass is 489 g/mol. The van der Waals surface area contributed by atoms with Crippen molar-refractivity contribution in [1.29, 1.82) is 0 Å². The van der Waals surface area contributed by atoms with Crippen molar-refractivity contribution < 1.29 is 13.2 Å². The molecule has 0 spiro atoms. The zero-order valence-corrected chi connectivity index (χ0v) is 20.7. The van der Waals surface area contributed by atoms with Crippen molar-refractivity contribution in [2.45, 2.75) is 44.0 Å². The second kappa shape index (κ2) is 12.2. The van der Waals surface area contributed by atoms with Crippen LogP contribution in [0.2, 0.25) is 0 Å². The number of amides is 1. The Hall–Kier alpha value is -2.40. The van der Waals surface area contributed by atoms with Gasteiger partial charge in [0.2, 0.25) is 15.9 Å². The Kier molecular flexibility index (Phi) is 9.30. The van der Waals surface area contributed by atoms with Crippen molar-refractivity contribution in [3.8, 4) is 0 Å². The van der Waals surface area contributed by atoms with E-state index in [1.807, 2.05) is 30.3 Å². The Labute approximate surface area is 199 Å². The molecular weight excluding hydrogens is 458 g/mol. The van der Waals surface area contributed by atoms with Gasteiger partial charge in [-0.1, -0.05) is 50.2 Å². The maximum Gasteiger partial charge on any atom is 0.243 e. The molecule has 0 bridgehead atoms. The SMILES string of the molecule is CCCN(CCC)CCNC(=O)[C@@H](Cc1ccccc1)NS(=O)(=O)c1cccc2nsnc12. The van der Waals surface area contributed by atoms with Crippen LogP contribution in [0, 0.1) is 0 Å². The number of hydrogen-bond acceptors (Lipinski definition) is 7. The third kappa shape index (κ3) is 7.04. The average Bonchev–Trinajstić information content (AvgIpc) is 3.28. The van der Waals surface area contributed by atoms with Crippen molar-refractivity contribution in [2.24, 2.45) is 0 Å². The van der Waals surface area contributed by atoms with Gasteiger partial charge in [-0.05, 0) is 50.0 Å². The molecule has 3 aromatic rings. The van der Waals surface area contributed by atoms with Crippen LogP contribution in [-0.2, 0) is 21.2 Å². The Bertz CT molecular complexity index is 1130. The van der Waals surface area contributed by atoms with E-state index >= 15 is 0 Å². The number of rotatable bonds is 13. The Morgan fingerprint density at radius 3 is 2.42 bits per heavy atom. The summed E-state index contributed by atoms with van der Waals surface area (Å²) in [6.45, 7) is 7.37. The molecular formula is C23H31N5O3S2. The fourth-order valence-electron chi connectivity index (χ4n) is 3.71. The van der Waals surface area contributed by atoms with Crippen molar-refractivity contribution in [3.63, 3.8) is 0 Å². The van der Waals surface area contributed by atoms with Crippen LogP contribution in [-0.4, -0.2) is 60.2 Å². The molecule has 0 aliphatic rings. The molecule has 1 aromatic heterocycles. The van der Waals surface area contributed by atoms with Gasteiger partial charge in [-0.2, -0.15) is 13.5 Å². The van der Waals surface area contributed by atoms with Crippen LogP contribution in [0.5, 0.6) is 0 Å². The smallest absolute Gasteiger partial charge is 0.243 e. The molecule has 33 heavy (non-hydrogen) atoms. The number of carbonyl (C=O) groups excluding carboxylic acids is 1. The predicted octanol–water partition coefficient (Wildman–Crippen LogP) is 2.82. The number of hydrogen-bond donors (Lipinski definition) is 2. The van der Waals surface area contributed by atoms with E-state index in [0.717, 1.165) is 49.8 Å². The van der Waals surface area contributed by atoms with Gasteiger partial charge < -0.3 is 10.2 Å². The van der Waals surface area contributed by atoms with Crippen LogP contribution in [0.1, 0.15) is 32.3 Å². The second-order valence-corrected chi connectivity index (χ2v) is 10.1. The third-order valence-corrected chi connectivity index (χ3v) is 7.29. The summed E-state index contributed by atoms with van der Waals surface area (Å²) in [5.74, 6) is -0.348. The topological polar surface area (TPSA) is 104 Å². The highest BCUT2D eigenvalue weighted by Crippen LogP contribution is 2.21. The highest BCUT2D eigenvalue weighted by molar-refractivity contribution is 7.89. The van der Waals surface area contributed by atoms with Crippen LogP contribution in [0.15, 0.2) is 53.4 Å². The van der Waals surface area contributed by atoms with Gasteiger partial charge in [-0.3, -0.25) is 4.79 Å². The first-order chi connectivity index (χ1) is 15.9. The number of nitrogens with one attached hydrogen (secondary N) is 2. The fourth-order valence-corrected chi connectivity index (χ4v) is 5.68. The van der Waals surface area contributed by atoms with E-state index in [1.165, 1.54) is 6.07 Å². The quantitative estimate of drug-likeness (QED) is 0.383. The largest absolute Gasteiger partial charge is 0.353 e. The molecule has 0 unspecified atom stereocenters. The van der Waals surface area contributed by atoms with E-state index in [9.17, 15) is 13.2 Å². The summed E-state index contributed by atoms with van der Waals surface area (Å²) in [6, 6.07) is 13.2. The fraction of sp³-hybridized carbons (Fsp3) is 0.435. The lowest BCUT2D eigenvalue weighted by Gasteiger charge is -2.23. The van der Waals surface area contributed by atoms with Crippen molar-refractivity contribution >= 4 is 38.7 Å². The van der Waals surface area contributed by atoms with Crippen molar-refractivity contribution in [3.05, 3.63) is 54.1 Å². The molecule has 0 saturated carbocycles. The van der Waals surface area contributed by atoms with E-state index in [1.54, 1.807) is 12.1 Å².